The van der Waals surface area contributed by atoms with E-state index in [2.05, 4.69) is 26.7 Å². The first-order chi connectivity index (χ1) is 20.6. The molecule has 2 heterocycles. The lowest BCUT2D eigenvalue weighted by molar-refractivity contribution is -0.122. The summed E-state index contributed by atoms with van der Waals surface area (Å²) < 4.78 is 7.07. The van der Waals surface area contributed by atoms with E-state index in [-0.39, 0.29) is 12.3 Å². The monoisotopic (exact) mass is 635 g/mol. The maximum absolute atomic E-state index is 13.3. The highest BCUT2D eigenvalue weighted by molar-refractivity contribution is 7.80. The highest BCUT2D eigenvalue weighted by Crippen LogP contribution is 2.27. The van der Waals surface area contributed by atoms with Crippen molar-refractivity contribution in [2.45, 2.75) is 38.9 Å². The molecular formula is C31H31Cl2N7O2S. The van der Waals surface area contributed by atoms with Gasteiger partial charge < -0.3 is 24.8 Å². The van der Waals surface area contributed by atoms with Crippen LogP contribution in [-0.4, -0.2) is 49.6 Å². The number of aromatic nitrogens is 3. The summed E-state index contributed by atoms with van der Waals surface area (Å²) in [5.74, 6) is 0.326. The van der Waals surface area contributed by atoms with Crippen molar-refractivity contribution in [3.8, 4) is 11.9 Å². The molecule has 0 atom stereocenters. The largest absolute Gasteiger partial charge is 0.481 e. The summed E-state index contributed by atoms with van der Waals surface area (Å²) in [5.41, 5.74) is 3.15. The quantitative estimate of drug-likeness (QED) is 0.198. The average molecular weight is 637 g/mol. The van der Waals surface area contributed by atoms with Crippen LogP contribution in [0.15, 0.2) is 73.3 Å². The van der Waals surface area contributed by atoms with Crippen molar-refractivity contribution in [3.05, 3.63) is 106 Å². The molecule has 0 spiro atoms. The molecule has 2 N–H and O–H groups in total. The third-order valence-electron chi connectivity index (χ3n) is 6.52. The number of ether oxygens (including phenoxy) is 1. The summed E-state index contributed by atoms with van der Waals surface area (Å²) in [6.45, 7) is 5.12. The van der Waals surface area contributed by atoms with E-state index in [1.807, 2.05) is 53.6 Å². The number of pyridine rings is 1. The van der Waals surface area contributed by atoms with Gasteiger partial charge in [0.1, 0.15) is 0 Å². The van der Waals surface area contributed by atoms with Crippen LogP contribution in [-0.2, 0) is 24.3 Å². The van der Waals surface area contributed by atoms with Gasteiger partial charge in [0.05, 0.1) is 59.0 Å². The van der Waals surface area contributed by atoms with Gasteiger partial charge >= 0.3 is 0 Å². The number of imidazole rings is 1. The standard InChI is InChI=1S/C31H31Cl2N7O2S/c1-31(2,38-27(41)13-25-16-35-20-40(25)17-22-9-7-21(14-34)8-10-22)19-39(18-23-5-4-6-26(32)29(23)33)30(43)37-24-11-12-28(42-3)36-15-24/h4-12,15-16,20H,13,17-19H2,1-3H3,(H,37,43)(H,38,41). The number of carbonyl (C=O) groups excluding carboxylic acids is 1. The molecule has 1 amide bonds. The highest BCUT2D eigenvalue weighted by atomic mass is 35.5. The number of benzene rings is 2. The second kappa shape index (κ2) is 14.3. The van der Waals surface area contributed by atoms with Crippen LogP contribution in [0.4, 0.5) is 5.69 Å². The number of methoxy groups -OCH3 is 1. The molecule has 0 saturated carbocycles. The topological polar surface area (TPSA) is 108 Å². The zero-order valence-corrected chi connectivity index (χ0v) is 26.3. The third kappa shape index (κ3) is 8.91. The molecule has 4 rings (SSSR count). The summed E-state index contributed by atoms with van der Waals surface area (Å²) in [6.07, 6.45) is 5.15. The van der Waals surface area contributed by atoms with E-state index >= 15 is 0 Å². The summed E-state index contributed by atoms with van der Waals surface area (Å²) in [4.78, 5) is 23.7. The predicted octanol–water partition coefficient (Wildman–Crippen LogP) is 5.85. The fraction of sp³-hybridized carbons (Fsp3) is 0.258. The number of rotatable bonds is 11. The number of amides is 1. The number of nitriles is 1. The summed E-state index contributed by atoms with van der Waals surface area (Å²) in [6, 6.07) is 18.5. The van der Waals surface area contributed by atoms with Gasteiger partial charge in [0, 0.05) is 37.6 Å². The highest BCUT2D eigenvalue weighted by Gasteiger charge is 2.27. The van der Waals surface area contributed by atoms with Crippen molar-refractivity contribution < 1.29 is 9.53 Å². The Hall–Kier alpha value is -4.17. The first-order valence-electron chi connectivity index (χ1n) is 13.3. The molecule has 222 valence electrons. The van der Waals surface area contributed by atoms with Gasteiger partial charge in [-0.15, -0.1) is 0 Å². The number of nitrogens with zero attached hydrogens (tertiary/aromatic N) is 5. The van der Waals surface area contributed by atoms with Crippen LogP contribution in [0, 0.1) is 11.3 Å². The average Bonchev–Trinajstić information content (AvgIpc) is 3.41. The third-order valence-corrected chi connectivity index (χ3v) is 7.74. The van der Waals surface area contributed by atoms with Crippen molar-refractivity contribution >= 4 is 52.1 Å². The van der Waals surface area contributed by atoms with Crippen LogP contribution in [0.2, 0.25) is 10.0 Å². The van der Waals surface area contributed by atoms with E-state index in [1.54, 1.807) is 50.1 Å². The van der Waals surface area contributed by atoms with E-state index in [0.29, 0.717) is 51.9 Å². The second-order valence-corrected chi connectivity index (χ2v) is 11.7. The zero-order valence-electron chi connectivity index (χ0n) is 24.0. The normalized spacial score (nSPS) is 11.0. The van der Waals surface area contributed by atoms with Gasteiger partial charge in [0.15, 0.2) is 5.11 Å². The van der Waals surface area contributed by atoms with Crippen molar-refractivity contribution in [3.63, 3.8) is 0 Å². The molecular weight excluding hydrogens is 605 g/mol. The SMILES string of the molecule is COc1ccc(NC(=S)N(Cc2cccc(Cl)c2Cl)CC(C)(C)NC(=O)Cc2cncn2Cc2ccc(C#N)cc2)cn1. The Morgan fingerprint density at radius 2 is 1.91 bits per heavy atom. The molecule has 0 fully saturated rings. The molecule has 0 aliphatic heterocycles. The number of anilines is 1. The van der Waals surface area contributed by atoms with Gasteiger partial charge in [0.25, 0.3) is 0 Å². The summed E-state index contributed by atoms with van der Waals surface area (Å²) >= 11 is 18.6. The lowest BCUT2D eigenvalue weighted by Gasteiger charge is -2.35. The molecule has 43 heavy (non-hydrogen) atoms. The molecule has 0 saturated heterocycles. The van der Waals surface area contributed by atoms with Gasteiger partial charge in [-0.05, 0) is 61.5 Å². The van der Waals surface area contributed by atoms with Crippen LogP contribution in [0.25, 0.3) is 0 Å². The first kappa shape index (κ1) is 31.8. The van der Waals surface area contributed by atoms with Crippen molar-refractivity contribution in [2.24, 2.45) is 0 Å². The lowest BCUT2D eigenvalue weighted by Crippen LogP contribution is -2.53. The Labute approximate surface area is 266 Å². The number of halogens is 2. The molecule has 0 unspecified atom stereocenters. The first-order valence-corrected chi connectivity index (χ1v) is 14.5. The van der Waals surface area contributed by atoms with E-state index in [4.69, 9.17) is 45.4 Å². The predicted molar refractivity (Wildman–Crippen MR) is 172 cm³/mol. The minimum Gasteiger partial charge on any atom is -0.481 e. The molecule has 12 heteroatoms. The Morgan fingerprint density at radius 1 is 1.14 bits per heavy atom. The maximum Gasteiger partial charge on any atom is 0.226 e. The Balaban J connectivity index is 1.46. The number of nitrogens with one attached hydrogen (secondary N) is 2. The fourth-order valence-electron chi connectivity index (χ4n) is 4.48. The van der Waals surface area contributed by atoms with Crippen molar-refractivity contribution in [2.75, 3.05) is 19.0 Å². The van der Waals surface area contributed by atoms with Crippen LogP contribution < -0.4 is 15.4 Å². The lowest BCUT2D eigenvalue weighted by atomic mass is 10.0. The number of hydrogen-bond donors (Lipinski definition) is 2. The molecule has 0 bridgehead atoms. The molecule has 0 radical (unpaired) electrons. The van der Waals surface area contributed by atoms with Crippen molar-refractivity contribution in [1.29, 1.82) is 5.26 Å². The second-order valence-electron chi connectivity index (χ2n) is 10.5. The Kier molecular flexibility index (Phi) is 10.6. The van der Waals surface area contributed by atoms with Gasteiger partial charge in [-0.25, -0.2) is 9.97 Å². The van der Waals surface area contributed by atoms with E-state index in [9.17, 15) is 4.79 Å². The van der Waals surface area contributed by atoms with Gasteiger partial charge in [-0.1, -0.05) is 47.5 Å². The van der Waals surface area contributed by atoms with Crippen molar-refractivity contribution in [1.82, 2.24) is 24.8 Å². The fourth-order valence-corrected chi connectivity index (χ4v) is 5.10. The van der Waals surface area contributed by atoms with Crippen LogP contribution in [0.5, 0.6) is 5.88 Å². The van der Waals surface area contributed by atoms with E-state index < -0.39 is 5.54 Å². The maximum atomic E-state index is 13.3. The van der Waals surface area contributed by atoms with Crippen LogP contribution in [0.3, 0.4) is 0 Å². The molecule has 0 aliphatic carbocycles. The molecule has 4 aromatic rings. The Morgan fingerprint density at radius 3 is 2.58 bits per heavy atom. The molecule has 2 aromatic carbocycles. The van der Waals surface area contributed by atoms with Gasteiger partial charge in [-0.3, -0.25) is 4.79 Å². The minimum atomic E-state index is -0.690. The van der Waals surface area contributed by atoms with Crippen LogP contribution in [0.1, 0.15) is 36.2 Å². The molecule has 0 aliphatic rings. The molecule has 9 nitrogen and oxygen atoms in total. The van der Waals surface area contributed by atoms with Gasteiger partial charge in [-0.2, -0.15) is 5.26 Å². The van der Waals surface area contributed by atoms with Crippen LogP contribution >= 0.6 is 35.4 Å². The number of hydrogen-bond acceptors (Lipinski definition) is 6. The van der Waals surface area contributed by atoms with Gasteiger partial charge in [0.2, 0.25) is 11.8 Å². The smallest absolute Gasteiger partial charge is 0.226 e. The van der Waals surface area contributed by atoms with E-state index in [0.717, 1.165) is 16.8 Å². The summed E-state index contributed by atoms with van der Waals surface area (Å²) in [7, 11) is 1.55. The zero-order chi connectivity index (χ0) is 31.0. The summed E-state index contributed by atoms with van der Waals surface area (Å²) in [5, 5.41) is 16.7. The molecule has 2 aromatic heterocycles. The van der Waals surface area contributed by atoms with E-state index in [1.165, 1.54) is 0 Å². The number of thiocarbonyl (C=S) groups is 1. The Bertz CT molecular complexity index is 1620. The number of carbonyl (C=O) groups is 1. The minimum absolute atomic E-state index is 0.139.